The highest BCUT2D eigenvalue weighted by atomic mass is 19.4. The molecule has 0 unspecified atom stereocenters. The maximum Gasteiger partial charge on any atom is 0.416 e. The summed E-state index contributed by atoms with van der Waals surface area (Å²) in [5.74, 6) is -1.25. The van der Waals surface area contributed by atoms with Crippen LogP contribution < -0.4 is 31.9 Å². The topological polar surface area (TPSA) is 243 Å². The molecule has 19 nitrogen and oxygen atoms in total. The third kappa shape index (κ3) is 10.4. The highest BCUT2D eigenvalue weighted by molar-refractivity contribution is 6.06. The molecular formula is C48H50F3N13O6. The van der Waals surface area contributed by atoms with Gasteiger partial charge in [0.05, 0.1) is 40.7 Å². The van der Waals surface area contributed by atoms with Crippen LogP contribution in [0.2, 0.25) is 0 Å². The second-order valence-electron chi connectivity index (χ2n) is 17.8. The molecule has 7 amide bonds. The van der Waals surface area contributed by atoms with Crippen LogP contribution in [0.5, 0.6) is 0 Å². The Morgan fingerprint density at radius 3 is 2.43 bits per heavy atom. The molecule has 4 aromatic heterocycles. The zero-order chi connectivity index (χ0) is 49.1. The van der Waals surface area contributed by atoms with Crippen molar-refractivity contribution in [3.05, 3.63) is 95.5 Å². The van der Waals surface area contributed by atoms with Crippen molar-refractivity contribution in [2.75, 3.05) is 55.2 Å². The minimum atomic E-state index is -4.60. The second-order valence-corrected chi connectivity index (χ2v) is 17.8. The van der Waals surface area contributed by atoms with Crippen LogP contribution in [-0.2, 0) is 20.6 Å². The Labute approximate surface area is 399 Å². The van der Waals surface area contributed by atoms with Crippen LogP contribution in [-0.4, -0.2) is 121 Å². The Morgan fingerprint density at radius 1 is 0.871 bits per heavy atom. The second kappa shape index (κ2) is 20.0. The van der Waals surface area contributed by atoms with E-state index in [1.54, 1.807) is 47.5 Å². The third-order valence-electron chi connectivity index (χ3n) is 13.0. The van der Waals surface area contributed by atoms with E-state index in [4.69, 9.17) is 10.8 Å². The van der Waals surface area contributed by atoms with Gasteiger partial charge in [-0.15, -0.1) is 0 Å². The molecule has 1 saturated carbocycles. The normalized spacial score (nSPS) is 19.6. The van der Waals surface area contributed by atoms with Gasteiger partial charge >= 0.3 is 12.2 Å². The lowest BCUT2D eigenvalue weighted by Gasteiger charge is -2.46. The maximum atomic E-state index is 13.6. The molecule has 0 spiro atoms. The highest BCUT2D eigenvalue weighted by Gasteiger charge is 2.38. The van der Waals surface area contributed by atoms with E-state index in [0.29, 0.717) is 73.5 Å². The molecule has 9 rings (SSSR count). The van der Waals surface area contributed by atoms with Gasteiger partial charge < -0.3 is 36.4 Å². The van der Waals surface area contributed by atoms with E-state index >= 15 is 0 Å². The number of nitrogens with zero attached hydrogens (tertiary/aromatic N) is 8. The van der Waals surface area contributed by atoms with Gasteiger partial charge in [0, 0.05) is 86.9 Å². The number of pyridine rings is 3. The summed E-state index contributed by atoms with van der Waals surface area (Å²) in [6.45, 7) is 1.67. The Hall–Kier alpha value is -7.91. The summed E-state index contributed by atoms with van der Waals surface area (Å²) in [7, 11) is 0. The summed E-state index contributed by atoms with van der Waals surface area (Å²) in [5, 5.41) is 16.4. The fourth-order valence-corrected chi connectivity index (χ4v) is 9.33. The van der Waals surface area contributed by atoms with Crippen LogP contribution in [0.4, 0.5) is 35.4 Å². The number of hydrogen-bond donors (Lipinski definition) is 5. The van der Waals surface area contributed by atoms with Crippen LogP contribution in [0.15, 0.2) is 73.2 Å². The van der Waals surface area contributed by atoms with E-state index in [9.17, 15) is 41.9 Å². The van der Waals surface area contributed by atoms with Crippen LogP contribution in [0.1, 0.15) is 89.3 Å². The largest absolute Gasteiger partial charge is 0.416 e. The molecule has 2 saturated heterocycles. The fraction of sp³-hybridized carbons (Fsp3) is 0.375. The van der Waals surface area contributed by atoms with Gasteiger partial charge in [0.2, 0.25) is 17.7 Å². The zero-order valence-corrected chi connectivity index (χ0v) is 37.9. The van der Waals surface area contributed by atoms with Crippen molar-refractivity contribution in [3.8, 4) is 11.3 Å². The highest BCUT2D eigenvalue weighted by Crippen LogP contribution is 2.39. The SMILES string of the molecule is Nc1ncc2c3c1c(-c1ccc(C(=O)Nc4cc(C(F)(F)F)ccn4)cc1)nn3[C@@H]1CCC[C@H](C1)NC(=O)CN(C(=O)CCNC(=O)c1ccc(N3CC(N4CCC(=O)NC4=O)C3)nc1)CCC/C=C/2. The first-order valence-electron chi connectivity index (χ1n) is 23.1. The summed E-state index contributed by atoms with van der Waals surface area (Å²) in [6, 6.07) is 10.6. The van der Waals surface area contributed by atoms with Gasteiger partial charge in [-0.25, -0.2) is 19.7 Å². The van der Waals surface area contributed by atoms with Gasteiger partial charge in [-0.1, -0.05) is 24.3 Å². The monoisotopic (exact) mass is 961 g/mol. The molecule has 1 aromatic carbocycles. The summed E-state index contributed by atoms with van der Waals surface area (Å²) >= 11 is 0. The fourth-order valence-electron chi connectivity index (χ4n) is 9.33. The summed E-state index contributed by atoms with van der Waals surface area (Å²) in [6.07, 6.45) is 7.58. The molecule has 70 heavy (non-hydrogen) atoms. The predicted molar refractivity (Wildman–Crippen MR) is 251 cm³/mol. The van der Waals surface area contributed by atoms with Crippen molar-refractivity contribution >= 4 is 70.0 Å². The van der Waals surface area contributed by atoms with Crippen molar-refractivity contribution in [1.29, 1.82) is 0 Å². The lowest BCUT2D eigenvalue weighted by Crippen LogP contribution is -2.65. The molecule has 3 fully saturated rings. The van der Waals surface area contributed by atoms with E-state index in [2.05, 4.69) is 36.2 Å². The molecule has 364 valence electrons. The van der Waals surface area contributed by atoms with Crippen molar-refractivity contribution in [2.45, 2.75) is 75.7 Å². The van der Waals surface area contributed by atoms with Gasteiger partial charge in [0.15, 0.2) is 0 Å². The van der Waals surface area contributed by atoms with E-state index in [-0.39, 0.29) is 85.0 Å². The number of imide groups is 1. The van der Waals surface area contributed by atoms with Crippen molar-refractivity contribution in [3.63, 3.8) is 0 Å². The van der Waals surface area contributed by atoms with Crippen LogP contribution in [0, 0.1) is 0 Å². The minimum absolute atomic E-state index is 0.0253. The summed E-state index contributed by atoms with van der Waals surface area (Å²) in [4.78, 5) is 95.0. The molecular weight excluding hydrogens is 912 g/mol. The number of benzene rings is 1. The van der Waals surface area contributed by atoms with E-state index < -0.39 is 23.6 Å². The molecule has 4 aliphatic rings. The first-order chi connectivity index (χ1) is 33.7. The average Bonchev–Trinajstić information content (AvgIpc) is 3.74. The lowest BCUT2D eigenvalue weighted by molar-refractivity contribution is -0.137. The molecule has 2 atom stereocenters. The first-order valence-corrected chi connectivity index (χ1v) is 23.1. The number of urea groups is 1. The number of carbonyl (C=O) groups excluding carboxylic acids is 6. The number of anilines is 3. The van der Waals surface area contributed by atoms with E-state index in [0.717, 1.165) is 48.7 Å². The number of fused-ring (bicyclic) bond motifs is 3. The Bertz CT molecular complexity index is 2870. The zero-order valence-electron chi connectivity index (χ0n) is 37.9. The summed E-state index contributed by atoms with van der Waals surface area (Å²) < 4.78 is 41.7. The number of allylic oxidation sites excluding steroid dienone is 1. The minimum Gasteiger partial charge on any atom is -0.383 e. The van der Waals surface area contributed by atoms with Gasteiger partial charge in [-0.2, -0.15) is 18.3 Å². The van der Waals surface area contributed by atoms with Crippen LogP contribution in [0.25, 0.3) is 28.2 Å². The molecule has 22 heteroatoms. The number of nitrogens with two attached hydrogens (primary N) is 1. The number of halogens is 3. The number of nitrogen functional groups attached to an aromatic ring is 1. The van der Waals surface area contributed by atoms with Crippen LogP contribution >= 0.6 is 0 Å². The van der Waals surface area contributed by atoms with Gasteiger partial charge in [0.1, 0.15) is 23.1 Å². The van der Waals surface area contributed by atoms with E-state index in [1.807, 2.05) is 21.7 Å². The average molecular weight is 962 g/mol. The molecule has 1 aliphatic carbocycles. The molecule has 2 bridgehead atoms. The predicted octanol–water partition coefficient (Wildman–Crippen LogP) is 4.93. The molecule has 6 N–H and O–H groups in total. The number of aromatic nitrogens is 5. The van der Waals surface area contributed by atoms with Crippen LogP contribution in [0.3, 0.4) is 0 Å². The maximum absolute atomic E-state index is 13.6. The quantitative estimate of drug-likeness (QED) is 0.132. The Balaban J connectivity index is 0.841. The number of carbonyl (C=O) groups is 6. The smallest absolute Gasteiger partial charge is 0.383 e. The van der Waals surface area contributed by atoms with Crippen molar-refractivity contribution in [1.82, 2.24) is 50.5 Å². The number of rotatable bonds is 9. The van der Waals surface area contributed by atoms with Crippen molar-refractivity contribution < 1.29 is 41.9 Å². The van der Waals surface area contributed by atoms with Gasteiger partial charge in [-0.05, 0) is 74.9 Å². The first kappa shape index (κ1) is 47.2. The lowest BCUT2D eigenvalue weighted by atomic mass is 9.90. The number of nitrogens with one attached hydrogen (secondary N) is 4. The van der Waals surface area contributed by atoms with E-state index in [1.165, 1.54) is 11.1 Å². The molecule has 7 heterocycles. The molecule has 0 radical (unpaired) electrons. The summed E-state index contributed by atoms with van der Waals surface area (Å²) in [5.41, 5.74) is 8.82. The standard InChI is InChI=1S/C48H50F3N13O6/c49-48(50,51)32-14-17-53-36(21-32)58-46(69)29-10-8-28(9-11-29)42-41-43-30(23-56-44(41)52)5-2-1-3-19-61(27-39(66)57-33-6-4-7-34(22-33)64(43)60-42)40(67)15-18-54-45(68)31-12-13-37(55-24-31)62-25-35(26-62)63-20-16-38(65)59-47(63)70/h2,5,8-14,17,21,23-24,33-35H,1,3-4,6-7,15-16,18-20,22,25-27H2,(H2,52,56)(H,54,68)(H,57,66)(H,53,58,69)(H,59,65,70)/b5-2+/t33-,34-/m1/s1. The Morgan fingerprint density at radius 2 is 1.67 bits per heavy atom. The number of hydrogen-bond acceptors (Lipinski definition) is 12. The molecule has 3 aliphatic heterocycles. The number of alkyl halides is 3. The number of amides is 7. The van der Waals surface area contributed by atoms with Crippen molar-refractivity contribution in [2.24, 2.45) is 0 Å². The van der Waals surface area contributed by atoms with Gasteiger partial charge in [-0.3, -0.25) is 34.0 Å². The van der Waals surface area contributed by atoms with Gasteiger partial charge in [0.25, 0.3) is 11.8 Å². The molecule has 5 aromatic rings. The third-order valence-corrected chi connectivity index (χ3v) is 13.0. The Kier molecular flexibility index (Phi) is 13.5.